The van der Waals surface area contributed by atoms with Crippen molar-refractivity contribution in [1.29, 1.82) is 0 Å². The molecule has 0 fully saturated rings. The molecule has 13 heteroatoms. The lowest BCUT2D eigenvalue weighted by Gasteiger charge is -2.13. The van der Waals surface area contributed by atoms with E-state index in [1.165, 1.54) is 0 Å². The van der Waals surface area contributed by atoms with Gasteiger partial charge in [0.2, 0.25) is 0 Å². The molecule has 1 amide bonds. The Kier molecular flexibility index (Phi) is 4.94. The molecular weight excluding hydrogens is 380 g/mol. The molecule has 0 aliphatic carbocycles. The predicted octanol–water partition coefficient (Wildman–Crippen LogP) is -0.164. The number of hydrazone groups is 1. The average Bonchev–Trinajstić information content (AvgIpc) is 2.87. The van der Waals surface area contributed by atoms with Crippen molar-refractivity contribution in [1.82, 2.24) is 0 Å². The fraction of sp³-hybridized carbons (Fsp3) is 0.250. The lowest BCUT2D eigenvalue weighted by atomic mass is 10.2. The fourth-order valence-electron chi connectivity index (χ4n) is 1.94. The molecule has 1 aliphatic rings. The average molecular weight is 392 g/mol. The van der Waals surface area contributed by atoms with Gasteiger partial charge in [0.15, 0.2) is 5.71 Å². The molecule has 0 bridgehead atoms. The number of anilines is 1. The largest absolute Gasteiger partial charge is 0.461 e. The van der Waals surface area contributed by atoms with E-state index in [2.05, 4.69) is 5.10 Å². The highest BCUT2D eigenvalue weighted by molar-refractivity contribution is 7.86. The Bertz CT molecular complexity index is 930. The first kappa shape index (κ1) is 19.0. The number of amides is 1. The summed E-state index contributed by atoms with van der Waals surface area (Å²) < 4.78 is 68.0. The topological polar surface area (TPSA) is 168 Å². The van der Waals surface area contributed by atoms with Gasteiger partial charge >= 0.3 is 5.97 Å². The van der Waals surface area contributed by atoms with Crippen LogP contribution in [0, 0.1) is 0 Å². The minimum Gasteiger partial charge on any atom is -0.461 e. The fourth-order valence-corrected chi connectivity index (χ4v) is 3.10. The molecule has 1 aromatic rings. The number of hydrogen-bond acceptors (Lipinski definition) is 8. The van der Waals surface area contributed by atoms with Crippen molar-refractivity contribution in [2.45, 2.75) is 23.1 Å². The van der Waals surface area contributed by atoms with E-state index in [-0.39, 0.29) is 18.0 Å². The van der Waals surface area contributed by atoms with Gasteiger partial charge in [0.05, 0.1) is 28.5 Å². The second-order valence-corrected chi connectivity index (χ2v) is 7.61. The van der Waals surface area contributed by atoms with Gasteiger partial charge in [-0.1, -0.05) is 0 Å². The zero-order valence-electron chi connectivity index (χ0n) is 12.6. The van der Waals surface area contributed by atoms with Crippen LogP contribution in [0.2, 0.25) is 0 Å². The third-order valence-electron chi connectivity index (χ3n) is 2.99. The van der Waals surface area contributed by atoms with Gasteiger partial charge < -0.3 is 4.74 Å². The van der Waals surface area contributed by atoms with Gasteiger partial charge in [-0.3, -0.25) is 13.9 Å². The first-order valence-corrected chi connectivity index (χ1v) is 9.49. The van der Waals surface area contributed by atoms with E-state index in [0.29, 0.717) is 11.1 Å². The van der Waals surface area contributed by atoms with Gasteiger partial charge in [-0.2, -0.15) is 26.9 Å². The molecule has 0 saturated carbocycles. The van der Waals surface area contributed by atoms with E-state index in [9.17, 15) is 26.4 Å². The molecule has 2 N–H and O–H groups in total. The van der Waals surface area contributed by atoms with Crippen molar-refractivity contribution >= 4 is 43.5 Å². The summed E-state index contributed by atoms with van der Waals surface area (Å²) in [6, 6.07) is 2.03. The number of nitrogens with zero attached hydrogens (tertiary/aromatic N) is 2. The molecule has 1 heterocycles. The summed E-state index contributed by atoms with van der Waals surface area (Å²) in [4.78, 5) is 21.8. The molecular formula is C12H12N2O9S2. The van der Waals surface area contributed by atoms with E-state index >= 15 is 0 Å². The Morgan fingerprint density at radius 3 is 2.12 bits per heavy atom. The van der Waals surface area contributed by atoms with Gasteiger partial charge in [-0.25, -0.2) is 4.79 Å². The minimum absolute atomic E-state index is 0.0389. The lowest BCUT2D eigenvalue weighted by molar-refractivity contribution is -0.135. The zero-order valence-corrected chi connectivity index (χ0v) is 14.2. The van der Waals surface area contributed by atoms with Crippen molar-refractivity contribution in [3.8, 4) is 0 Å². The van der Waals surface area contributed by atoms with Crippen LogP contribution < -0.4 is 5.01 Å². The normalized spacial score (nSPS) is 15.2. The van der Waals surface area contributed by atoms with E-state index in [4.69, 9.17) is 13.8 Å². The number of carbonyl (C=O) groups excluding carboxylic acids is 2. The van der Waals surface area contributed by atoms with E-state index in [1.807, 2.05) is 0 Å². The van der Waals surface area contributed by atoms with Crippen molar-refractivity contribution in [2.75, 3.05) is 11.6 Å². The Hall–Kier alpha value is -2.35. The predicted molar refractivity (Wildman–Crippen MR) is 82.2 cm³/mol. The Morgan fingerprint density at radius 2 is 1.68 bits per heavy atom. The molecule has 2 rings (SSSR count). The second-order valence-electron chi connectivity index (χ2n) is 4.76. The van der Waals surface area contributed by atoms with Crippen LogP contribution in [0.15, 0.2) is 33.1 Å². The van der Waals surface area contributed by atoms with Gasteiger partial charge in [0.1, 0.15) is 0 Å². The first-order chi connectivity index (χ1) is 11.4. The minimum atomic E-state index is -4.85. The first-order valence-electron chi connectivity index (χ1n) is 6.61. The molecule has 25 heavy (non-hydrogen) atoms. The van der Waals surface area contributed by atoms with E-state index in [1.54, 1.807) is 6.92 Å². The Balaban J connectivity index is 2.59. The number of esters is 1. The van der Waals surface area contributed by atoms with Crippen LogP contribution in [-0.4, -0.2) is 50.1 Å². The SMILES string of the molecule is CCOC(=O)C1=NN(c2cc(S(=O)(=O)O)cc(S(=O)(=O)O)c2)C(=O)C1. The third-order valence-corrected chi connectivity index (χ3v) is 4.65. The molecule has 0 aromatic heterocycles. The van der Waals surface area contributed by atoms with Crippen LogP contribution in [-0.2, 0) is 34.6 Å². The Labute approximate surface area is 142 Å². The maximum atomic E-state index is 12.0. The summed E-state index contributed by atoms with van der Waals surface area (Å²) in [6.45, 7) is 1.58. The highest BCUT2D eigenvalue weighted by Crippen LogP contribution is 2.28. The summed E-state index contributed by atoms with van der Waals surface area (Å²) in [5.74, 6) is -1.63. The number of rotatable bonds is 5. The molecule has 136 valence electrons. The van der Waals surface area contributed by atoms with Crippen molar-refractivity contribution < 1.29 is 40.3 Å². The van der Waals surface area contributed by atoms with Gasteiger partial charge in [-0.15, -0.1) is 0 Å². The molecule has 11 nitrogen and oxygen atoms in total. The van der Waals surface area contributed by atoms with Crippen LogP contribution in [0.4, 0.5) is 5.69 Å². The number of benzene rings is 1. The lowest BCUT2D eigenvalue weighted by Crippen LogP contribution is -2.20. The summed E-state index contributed by atoms with van der Waals surface area (Å²) in [5.41, 5.74) is -0.649. The van der Waals surface area contributed by atoms with E-state index < -0.39 is 48.3 Å². The molecule has 1 aromatic carbocycles. The third kappa shape index (κ3) is 4.19. The number of ether oxygens (including phenoxy) is 1. The smallest absolute Gasteiger partial charge is 0.355 e. The van der Waals surface area contributed by atoms with E-state index in [0.717, 1.165) is 12.1 Å². The van der Waals surface area contributed by atoms with Crippen molar-refractivity contribution in [3.05, 3.63) is 18.2 Å². The molecule has 0 atom stereocenters. The maximum Gasteiger partial charge on any atom is 0.355 e. The molecule has 0 radical (unpaired) electrons. The molecule has 0 unspecified atom stereocenters. The van der Waals surface area contributed by atoms with Gasteiger partial charge in [-0.05, 0) is 25.1 Å². The quantitative estimate of drug-likeness (QED) is 0.510. The van der Waals surface area contributed by atoms with Crippen LogP contribution in [0.5, 0.6) is 0 Å². The summed E-state index contributed by atoms with van der Waals surface area (Å²) >= 11 is 0. The van der Waals surface area contributed by atoms with Crippen LogP contribution in [0.1, 0.15) is 13.3 Å². The summed E-state index contributed by atoms with van der Waals surface area (Å²) in [6.07, 6.45) is -0.448. The monoisotopic (exact) mass is 392 g/mol. The van der Waals surface area contributed by atoms with Crippen LogP contribution in [0.3, 0.4) is 0 Å². The van der Waals surface area contributed by atoms with Gasteiger partial charge in [0.25, 0.3) is 26.1 Å². The zero-order chi connectivity index (χ0) is 19.0. The molecule has 1 aliphatic heterocycles. The highest BCUT2D eigenvalue weighted by atomic mass is 32.2. The van der Waals surface area contributed by atoms with Crippen molar-refractivity contribution in [2.24, 2.45) is 5.10 Å². The standard InChI is InChI=1S/C12H12N2O9S2/c1-2-23-12(16)10-6-11(15)14(13-10)7-3-8(24(17,18)19)5-9(4-7)25(20,21)22/h3-5H,2,6H2,1H3,(H,17,18,19)(H,20,21,22). The van der Waals surface area contributed by atoms with Gasteiger partial charge in [0, 0.05) is 0 Å². The number of carbonyl (C=O) groups is 2. The highest BCUT2D eigenvalue weighted by Gasteiger charge is 2.32. The summed E-state index contributed by atoms with van der Waals surface area (Å²) in [7, 11) is -9.69. The summed E-state index contributed by atoms with van der Waals surface area (Å²) in [5, 5.41) is 4.26. The maximum absolute atomic E-state index is 12.0. The second kappa shape index (κ2) is 6.51. The number of hydrogen-bond donors (Lipinski definition) is 2. The molecule has 0 saturated heterocycles. The molecule has 0 spiro atoms. The van der Waals surface area contributed by atoms with Crippen LogP contribution >= 0.6 is 0 Å². The van der Waals surface area contributed by atoms with Crippen LogP contribution in [0.25, 0.3) is 0 Å². The van der Waals surface area contributed by atoms with Crippen molar-refractivity contribution in [3.63, 3.8) is 0 Å². The Morgan fingerprint density at radius 1 is 1.16 bits per heavy atom.